The van der Waals surface area contributed by atoms with Crippen LogP contribution in [-0.2, 0) is 10.0 Å². The average Bonchev–Trinajstić information content (AvgIpc) is 3.28. The zero-order valence-electron chi connectivity index (χ0n) is 13.5. The van der Waals surface area contributed by atoms with Crippen LogP contribution >= 0.6 is 0 Å². The van der Waals surface area contributed by atoms with Crippen molar-refractivity contribution in [3.05, 3.63) is 65.5 Å². The van der Waals surface area contributed by atoms with Crippen LogP contribution in [-0.4, -0.2) is 33.0 Å². The first-order chi connectivity index (χ1) is 11.6. The molecular formula is C18H22N2O3S. The Labute approximate surface area is 143 Å². The molecule has 24 heavy (non-hydrogen) atoms. The predicted octanol–water partition coefficient (Wildman–Crippen LogP) is 3.01. The lowest BCUT2D eigenvalue weighted by Gasteiger charge is -2.25. The molecule has 128 valence electrons. The summed E-state index contributed by atoms with van der Waals surface area (Å²) >= 11 is 0. The van der Waals surface area contributed by atoms with E-state index in [1.54, 1.807) is 12.3 Å². The van der Waals surface area contributed by atoms with Gasteiger partial charge in [-0.15, -0.1) is 0 Å². The molecule has 2 heterocycles. The van der Waals surface area contributed by atoms with Crippen molar-refractivity contribution in [1.82, 2.24) is 9.62 Å². The maximum Gasteiger partial charge on any atom is 0.233 e. The van der Waals surface area contributed by atoms with Gasteiger partial charge in [0.1, 0.15) is 5.76 Å². The van der Waals surface area contributed by atoms with Crippen molar-refractivity contribution < 1.29 is 12.8 Å². The monoisotopic (exact) mass is 346 g/mol. The number of rotatable bonds is 7. The summed E-state index contributed by atoms with van der Waals surface area (Å²) in [5.41, 5.74) is 0.852. The highest BCUT2D eigenvalue weighted by atomic mass is 32.2. The molecule has 1 N–H and O–H groups in total. The third-order valence-corrected chi connectivity index (χ3v) is 5.23. The number of hydrogen-bond acceptors (Lipinski definition) is 4. The van der Waals surface area contributed by atoms with Gasteiger partial charge in [-0.1, -0.05) is 30.3 Å². The van der Waals surface area contributed by atoms with Gasteiger partial charge in [0.05, 0.1) is 12.3 Å². The van der Waals surface area contributed by atoms with E-state index in [9.17, 15) is 8.42 Å². The van der Waals surface area contributed by atoms with Crippen LogP contribution in [0.3, 0.4) is 0 Å². The SMILES string of the molecule is O=S(=O)(/C=C\c1ccccc1)NC[C@@H](c1ccco1)N1CCCC1. The summed E-state index contributed by atoms with van der Waals surface area (Å²) in [6.07, 6.45) is 5.50. The number of likely N-dealkylation sites (tertiary alicyclic amines) is 1. The Morgan fingerprint density at radius 1 is 1.12 bits per heavy atom. The Kier molecular flexibility index (Phi) is 5.50. The lowest BCUT2D eigenvalue weighted by Crippen LogP contribution is -2.35. The lowest BCUT2D eigenvalue weighted by atomic mass is 10.2. The second kappa shape index (κ2) is 7.79. The number of benzene rings is 1. The van der Waals surface area contributed by atoms with Gasteiger partial charge in [0.15, 0.2) is 0 Å². The Morgan fingerprint density at radius 2 is 1.88 bits per heavy atom. The molecular weight excluding hydrogens is 324 g/mol. The molecule has 0 aliphatic carbocycles. The molecule has 6 heteroatoms. The topological polar surface area (TPSA) is 62.6 Å². The normalized spacial score (nSPS) is 17.5. The molecule has 2 aromatic rings. The molecule has 1 aromatic heterocycles. The van der Waals surface area contributed by atoms with Crippen molar-refractivity contribution in [2.24, 2.45) is 0 Å². The van der Waals surface area contributed by atoms with Crippen LogP contribution < -0.4 is 4.72 Å². The smallest absolute Gasteiger partial charge is 0.233 e. The zero-order valence-corrected chi connectivity index (χ0v) is 14.3. The first kappa shape index (κ1) is 17.0. The summed E-state index contributed by atoms with van der Waals surface area (Å²) in [5, 5.41) is 1.21. The molecule has 1 aromatic carbocycles. The molecule has 0 radical (unpaired) electrons. The van der Waals surface area contributed by atoms with Crippen molar-refractivity contribution in [2.75, 3.05) is 19.6 Å². The first-order valence-electron chi connectivity index (χ1n) is 8.14. The quantitative estimate of drug-likeness (QED) is 0.837. The molecule has 1 aliphatic rings. The van der Waals surface area contributed by atoms with Gasteiger partial charge in [-0.2, -0.15) is 0 Å². The highest BCUT2D eigenvalue weighted by molar-refractivity contribution is 7.92. The molecule has 0 amide bonds. The third kappa shape index (κ3) is 4.56. The van der Waals surface area contributed by atoms with E-state index in [-0.39, 0.29) is 6.04 Å². The van der Waals surface area contributed by atoms with E-state index < -0.39 is 10.0 Å². The molecule has 0 saturated carbocycles. The van der Waals surface area contributed by atoms with Gasteiger partial charge >= 0.3 is 0 Å². The van der Waals surface area contributed by atoms with E-state index in [1.165, 1.54) is 5.41 Å². The predicted molar refractivity (Wildman–Crippen MR) is 94.7 cm³/mol. The molecule has 0 bridgehead atoms. The Balaban J connectivity index is 1.66. The number of nitrogens with zero attached hydrogens (tertiary/aromatic N) is 1. The summed E-state index contributed by atoms with van der Waals surface area (Å²) in [6.45, 7) is 2.23. The number of furan rings is 1. The highest BCUT2D eigenvalue weighted by Gasteiger charge is 2.26. The second-order valence-corrected chi connectivity index (χ2v) is 7.53. The fourth-order valence-corrected chi connectivity index (χ4v) is 3.74. The number of nitrogens with one attached hydrogen (secondary N) is 1. The number of sulfonamides is 1. The Hall–Kier alpha value is -1.89. The van der Waals surface area contributed by atoms with Gasteiger partial charge in [0.25, 0.3) is 0 Å². The van der Waals surface area contributed by atoms with E-state index in [4.69, 9.17) is 4.42 Å². The molecule has 1 atom stereocenters. The van der Waals surface area contributed by atoms with Gasteiger partial charge in [0.2, 0.25) is 10.0 Å². The second-order valence-electron chi connectivity index (χ2n) is 5.88. The van der Waals surface area contributed by atoms with Crippen molar-refractivity contribution in [3.8, 4) is 0 Å². The van der Waals surface area contributed by atoms with Crippen LogP contribution in [0, 0.1) is 0 Å². The summed E-state index contributed by atoms with van der Waals surface area (Å²) in [4.78, 5) is 2.27. The standard InChI is InChI=1S/C18H22N2O3S/c21-24(22,14-10-16-7-2-1-3-8-16)19-15-17(18-9-6-13-23-18)20-11-4-5-12-20/h1-3,6-10,13-14,17,19H,4-5,11-12,15H2/b14-10-/t17-/m0/s1. The van der Waals surface area contributed by atoms with Crippen molar-refractivity contribution >= 4 is 16.1 Å². The van der Waals surface area contributed by atoms with Crippen LogP contribution in [0.2, 0.25) is 0 Å². The first-order valence-corrected chi connectivity index (χ1v) is 9.69. The van der Waals surface area contributed by atoms with Crippen LogP contribution in [0.5, 0.6) is 0 Å². The third-order valence-electron chi connectivity index (χ3n) is 4.17. The van der Waals surface area contributed by atoms with Gasteiger partial charge in [-0.05, 0) is 49.7 Å². The fourth-order valence-electron chi connectivity index (χ4n) is 2.92. The summed E-state index contributed by atoms with van der Waals surface area (Å²) in [5.74, 6) is 0.798. The zero-order chi connectivity index (χ0) is 16.8. The van der Waals surface area contributed by atoms with E-state index in [0.29, 0.717) is 6.54 Å². The van der Waals surface area contributed by atoms with Gasteiger partial charge < -0.3 is 4.42 Å². The van der Waals surface area contributed by atoms with Gasteiger partial charge in [-0.25, -0.2) is 13.1 Å². The average molecular weight is 346 g/mol. The van der Waals surface area contributed by atoms with Crippen molar-refractivity contribution in [1.29, 1.82) is 0 Å². The minimum absolute atomic E-state index is 0.0672. The van der Waals surface area contributed by atoms with Crippen LogP contribution in [0.4, 0.5) is 0 Å². The molecule has 0 spiro atoms. The van der Waals surface area contributed by atoms with E-state index in [2.05, 4.69) is 9.62 Å². The maximum absolute atomic E-state index is 12.2. The fraction of sp³-hybridized carbons (Fsp3) is 0.333. The van der Waals surface area contributed by atoms with Crippen molar-refractivity contribution in [3.63, 3.8) is 0 Å². The Bertz CT molecular complexity index is 749. The van der Waals surface area contributed by atoms with E-state index in [0.717, 1.165) is 37.3 Å². The van der Waals surface area contributed by atoms with Crippen LogP contribution in [0.25, 0.3) is 6.08 Å². The summed E-state index contributed by atoms with van der Waals surface area (Å²) < 4.78 is 32.7. The minimum Gasteiger partial charge on any atom is -0.468 e. The summed E-state index contributed by atoms with van der Waals surface area (Å²) in [7, 11) is -3.49. The number of hydrogen-bond donors (Lipinski definition) is 1. The Morgan fingerprint density at radius 3 is 2.54 bits per heavy atom. The van der Waals surface area contributed by atoms with Gasteiger partial charge in [0, 0.05) is 12.0 Å². The summed E-state index contributed by atoms with van der Waals surface area (Å²) in [6, 6.07) is 13.0. The molecule has 5 nitrogen and oxygen atoms in total. The molecule has 1 aliphatic heterocycles. The molecule has 1 fully saturated rings. The lowest BCUT2D eigenvalue weighted by molar-refractivity contribution is 0.216. The molecule has 0 unspecified atom stereocenters. The van der Waals surface area contributed by atoms with Crippen LogP contribution in [0.1, 0.15) is 30.2 Å². The molecule has 3 rings (SSSR count). The van der Waals surface area contributed by atoms with Gasteiger partial charge in [-0.3, -0.25) is 4.90 Å². The highest BCUT2D eigenvalue weighted by Crippen LogP contribution is 2.25. The van der Waals surface area contributed by atoms with E-state index in [1.807, 2.05) is 42.5 Å². The van der Waals surface area contributed by atoms with E-state index >= 15 is 0 Å². The van der Waals surface area contributed by atoms with Crippen molar-refractivity contribution in [2.45, 2.75) is 18.9 Å². The molecule has 1 saturated heterocycles. The van der Waals surface area contributed by atoms with Crippen LogP contribution in [0.15, 0.2) is 58.6 Å². The minimum atomic E-state index is -3.49. The maximum atomic E-state index is 12.2. The largest absolute Gasteiger partial charge is 0.468 e.